The second-order valence-electron chi connectivity index (χ2n) is 3.71. The average molecular weight is 220 g/mol. The quantitative estimate of drug-likeness (QED) is 0.714. The molecule has 0 saturated carbocycles. The molecule has 0 bridgehead atoms. The molecule has 6 heteroatoms. The van der Waals surface area contributed by atoms with Crippen LogP contribution >= 0.6 is 0 Å². The van der Waals surface area contributed by atoms with E-state index in [1.165, 1.54) is 5.69 Å². The van der Waals surface area contributed by atoms with E-state index in [1.807, 2.05) is 24.8 Å². The van der Waals surface area contributed by atoms with Crippen molar-refractivity contribution in [2.24, 2.45) is 14.1 Å². The molecule has 86 valence electrons. The summed E-state index contributed by atoms with van der Waals surface area (Å²) in [6, 6.07) is 2.01. The Labute approximate surface area is 94.3 Å². The van der Waals surface area contributed by atoms with Crippen molar-refractivity contribution >= 4 is 0 Å². The third-order valence-electron chi connectivity index (χ3n) is 2.40. The van der Waals surface area contributed by atoms with Crippen LogP contribution in [0.15, 0.2) is 18.6 Å². The summed E-state index contributed by atoms with van der Waals surface area (Å²) >= 11 is 0. The van der Waals surface area contributed by atoms with Gasteiger partial charge in [-0.1, -0.05) is 0 Å². The second-order valence-corrected chi connectivity index (χ2v) is 3.71. The number of aromatic nitrogens is 5. The maximum absolute atomic E-state index is 4.21. The number of hydrogen-bond acceptors (Lipinski definition) is 4. The Morgan fingerprint density at radius 3 is 2.88 bits per heavy atom. The van der Waals surface area contributed by atoms with E-state index in [0.29, 0.717) is 0 Å². The van der Waals surface area contributed by atoms with Gasteiger partial charge in [0.1, 0.15) is 6.33 Å². The van der Waals surface area contributed by atoms with Gasteiger partial charge in [-0.15, -0.1) is 0 Å². The van der Waals surface area contributed by atoms with Crippen molar-refractivity contribution in [2.45, 2.75) is 13.0 Å². The topological polar surface area (TPSA) is 60.6 Å². The molecular formula is C10H16N6. The molecule has 0 aliphatic rings. The predicted octanol–water partition coefficient (Wildman–Crippen LogP) is -0.119. The highest BCUT2D eigenvalue weighted by Gasteiger charge is 2.00. The van der Waals surface area contributed by atoms with Gasteiger partial charge in [-0.2, -0.15) is 10.2 Å². The first-order valence-electron chi connectivity index (χ1n) is 5.28. The standard InChI is InChI=1S/C10H16N6/c1-15-8-12-10(14-15)4-5-11-7-9-3-6-13-16(9)2/h3,6,8,11H,4-5,7H2,1-2H3. The van der Waals surface area contributed by atoms with Crippen molar-refractivity contribution in [2.75, 3.05) is 6.54 Å². The monoisotopic (exact) mass is 220 g/mol. The van der Waals surface area contributed by atoms with Crippen molar-refractivity contribution < 1.29 is 0 Å². The van der Waals surface area contributed by atoms with Crippen LogP contribution < -0.4 is 5.32 Å². The van der Waals surface area contributed by atoms with Crippen molar-refractivity contribution in [3.63, 3.8) is 0 Å². The predicted molar refractivity (Wildman–Crippen MR) is 59.6 cm³/mol. The van der Waals surface area contributed by atoms with Crippen molar-refractivity contribution in [3.8, 4) is 0 Å². The Morgan fingerprint density at radius 2 is 2.25 bits per heavy atom. The normalized spacial score (nSPS) is 10.9. The Bertz CT molecular complexity index is 444. The summed E-state index contributed by atoms with van der Waals surface area (Å²) in [6.45, 7) is 1.69. The average Bonchev–Trinajstić information content (AvgIpc) is 2.83. The molecular weight excluding hydrogens is 204 g/mol. The van der Waals surface area contributed by atoms with Crippen molar-refractivity contribution in [1.29, 1.82) is 0 Å². The lowest BCUT2D eigenvalue weighted by Gasteiger charge is -2.03. The molecule has 0 aliphatic carbocycles. The molecule has 0 amide bonds. The van der Waals surface area contributed by atoms with Gasteiger partial charge < -0.3 is 5.32 Å². The van der Waals surface area contributed by atoms with Crippen LogP contribution in [0, 0.1) is 0 Å². The third kappa shape index (κ3) is 2.66. The minimum atomic E-state index is 0.823. The van der Waals surface area contributed by atoms with E-state index < -0.39 is 0 Å². The summed E-state index contributed by atoms with van der Waals surface area (Å²) in [4.78, 5) is 4.16. The smallest absolute Gasteiger partial charge is 0.151 e. The lowest BCUT2D eigenvalue weighted by molar-refractivity contribution is 0.616. The molecule has 0 spiro atoms. The fourth-order valence-corrected chi connectivity index (χ4v) is 1.49. The van der Waals surface area contributed by atoms with Crippen molar-refractivity contribution in [3.05, 3.63) is 30.1 Å². The molecule has 2 aromatic heterocycles. The van der Waals surface area contributed by atoms with E-state index in [-0.39, 0.29) is 0 Å². The summed E-state index contributed by atoms with van der Waals surface area (Å²) < 4.78 is 3.59. The summed E-state index contributed by atoms with van der Waals surface area (Å²) in [7, 11) is 3.82. The van der Waals surface area contributed by atoms with Gasteiger partial charge in [0.25, 0.3) is 0 Å². The molecule has 2 aromatic rings. The van der Waals surface area contributed by atoms with Crippen LogP contribution in [-0.2, 0) is 27.1 Å². The summed E-state index contributed by atoms with van der Waals surface area (Å²) in [5.41, 5.74) is 1.17. The first-order valence-corrected chi connectivity index (χ1v) is 5.28. The zero-order valence-corrected chi connectivity index (χ0v) is 9.59. The van der Waals surface area contributed by atoms with E-state index >= 15 is 0 Å². The van der Waals surface area contributed by atoms with Crippen molar-refractivity contribution in [1.82, 2.24) is 29.9 Å². The largest absolute Gasteiger partial charge is 0.311 e. The summed E-state index contributed by atoms with van der Waals surface area (Å²) in [5, 5.41) is 11.7. The van der Waals surface area contributed by atoms with Crippen LogP contribution in [0.4, 0.5) is 0 Å². The molecule has 2 heterocycles. The number of aryl methyl sites for hydroxylation is 2. The van der Waals surface area contributed by atoms with Gasteiger partial charge in [0, 0.05) is 39.8 Å². The van der Waals surface area contributed by atoms with E-state index in [9.17, 15) is 0 Å². The van der Waals surface area contributed by atoms with Gasteiger partial charge in [-0.05, 0) is 6.07 Å². The van der Waals surface area contributed by atoms with E-state index in [2.05, 4.69) is 20.5 Å². The van der Waals surface area contributed by atoms with E-state index in [1.54, 1.807) is 17.2 Å². The molecule has 0 radical (unpaired) electrons. The fourth-order valence-electron chi connectivity index (χ4n) is 1.49. The highest BCUT2D eigenvalue weighted by atomic mass is 15.3. The number of rotatable bonds is 5. The fraction of sp³-hybridized carbons (Fsp3) is 0.500. The van der Waals surface area contributed by atoms with E-state index in [0.717, 1.165) is 25.3 Å². The Hall–Kier alpha value is -1.69. The lowest BCUT2D eigenvalue weighted by Crippen LogP contribution is -2.19. The zero-order chi connectivity index (χ0) is 11.4. The van der Waals surface area contributed by atoms with E-state index in [4.69, 9.17) is 0 Å². The van der Waals surface area contributed by atoms with Gasteiger partial charge in [-0.25, -0.2) is 4.98 Å². The second kappa shape index (κ2) is 4.89. The minimum Gasteiger partial charge on any atom is -0.311 e. The minimum absolute atomic E-state index is 0.823. The van der Waals surface area contributed by atoms with Crippen LogP contribution in [0.1, 0.15) is 11.5 Å². The number of nitrogens with zero attached hydrogens (tertiary/aromatic N) is 5. The van der Waals surface area contributed by atoms with Crippen LogP contribution in [0.2, 0.25) is 0 Å². The highest BCUT2D eigenvalue weighted by molar-refractivity contribution is 4.99. The third-order valence-corrected chi connectivity index (χ3v) is 2.40. The number of nitrogens with one attached hydrogen (secondary N) is 1. The highest BCUT2D eigenvalue weighted by Crippen LogP contribution is 1.95. The Balaban J connectivity index is 1.71. The molecule has 0 atom stereocenters. The summed E-state index contributed by atoms with van der Waals surface area (Å²) in [5.74, 6) is 0.875. The van der Waals surface area contributed by atoms with Crippen LogP contribution in [0.3, 0.4) is 0 Å². The van der Waals surface area contributed by atoms with Crippen LogP contribution in [0.5, 0.6) is 0 Å². The Morgan fingerprint density at radius 1 is 1.38 bits per heavy atom. The lowest BCUT2D eigenvalue weighted by atomic mass is 10.3. The summed E-state index contributed by atoms with van der Waals surface area (Å²) in [6.07, 6.45) is 4.37. The van der Waals surface area contributed by atoms with Gasteiger partial charge in [-0.3, -0.25) is 9.36 Å². The van der Waals surface area contributed by atoms with Crippen LogP contribution in [0.25, 0.3) is 0 Å². The molecule has 0 fully saturated rings. The molecule has 1 N–H and O–H groups in total. The first kappa shape index (κ1) is 10.8. The molecule has 0 aliphatic heterocycles. The molecule has 16 heavy (non-hydrogen) atoms. The molecule has 2 rings (SSSR count). The maximum atomic E-state index is 4.21. The SMILES string of the molecule is Cn1cnc(CCNCc2ccnn2C)n1. The number of hydrogen-bond donors (Lipinski definition) is 1. The first-order chi connectivity index (χ1) is 7.75. The molecule has 6 nitrogen and oxygen atoms in total. The maximum Gasteiger partial charge on any atom is 0.151 e. The van der Waals surface area contributed by atoms with Gasteiger partial charge in [0.2, 0.25) is 0 Å². The molecule has 0 aromatic carbocycles. The molecule has 0 unspecified atom stereocenters. The van der Waals surface area contributed by atoms with Gasteiger partial charge >= 0.3 is 0 Å². The van der Waals surface area contributed by atoms with Gasteiger partial charge in [0.05, 0.1) is 5.69 Å². The molecule has 0 saturated heterocycles. The zero-order valence-electron chi connectivity index (χ0n) is 9.59. The Kier molecular flexibility index (Phi) is 3.31. The van der Waals surface area contributed by atoms with Crippen LogP contribution in [-0.4, -0.2) is 31.1 Å². The van der Waals surface area contributed by atoms with Gasteiger partial charge in [0.15, 0.2) is 5.82 Å².